The Labute approximate surface area is 219 Å². The number of ether oxygens (including phenoxy) is 3. The third-order valence-corrected chi connectivity index (χ3v) is 6.81. The first-order chi connectivity index (χ1) is 17.9. The van der Waals surface area contributed by atoms with E-state index in [0.717, 1.165) is 11.1 Å². The molecule has 37 heavy (non-hydrogen) atoms. The Morgan fingerprint density at radius 1 is 1.00 bits per heavy atom. The number of benzene rings is 3. The molecule has 1 aliphatic heterocycles. The van der Waals surface area contributed by atoms with Crippen molar-refractivity contribution in [1.82, 2.24) is 15.1 Å². The molecule has 1 amide bonds. The number of hydrogen-bond donors (Lipinski definition) is 2. The molecule has 1 unspecified atom stereocenters. The Morgan fingerprint density at radius 2 is 1.81 bits per heavy atom. The van der Waals surface area contributed by atoms with E-state index in [1.54, 1.807) is 38.4 Å². The summed E-state index contributed by atoms with van der Waals surface area (Å²) >= 11 is 6.24. The van der Waals surface area contributed by atoms with Crippen molar-refractivity contribution in [2.45, 2.75) is 12.5 Å². The third-order valence-electron chi connectivity index (χ3n) is 6.58. The van der Waals surface area contributed by atoms with E-state index in [1.807, 2.05) is 42.5 Å². The molecule has 5 rings (SSSR count). The summed E-state index contributed by atoms with van der Waals surface area (Å²) in [6.45, 7) is 0.430. The number of phenolic OH excluding ortho intramolecular Hbond substituents is 1. The number of carbonyl (C=O) groups excluding carboxylic acids is 1. The Hall–Kier alpha value is -4.17. The Kier molecular flexibility index (Phi) is 6.67. The number of aromatic nitrogens is 2. The van der Waals surface area contributed by atoms with Crippen LogP contribution in [0.1, 0.15) is 33.2 Å². The number of nitrogens with zero attached hydrogens (tertiary/aromatic N) is 2. The molecule has 1 aliphatic rings. The van der Waals surface area contributed by atoms with E-state index in [0.29, 0.717) is 57.8 Å². The molecule has 0 fully saturated rings. The second-order valence-electron chi connectivity index (χ2n) is 8.64. The number of methoxy groups -OCH3 is 3. The number of carbonyl (C=O) groups is 1. The van der Waals surface area contributed by atoms with Crippen molar-refractivity contribution in [1.29, 1.82) is 0 Å². The maximum absolute atomic E-state index is 13.7. The molecule has 9 heteroatoms. The SMILES string of the molecule is COc1cccc(C2c3c(-c4cc(Cl)ccc4O)n[nH]c3C(=O)N2CCc2ccc(OC)c(OC)c2)c1. The Balaban J connectivity index is 1.57. The third kappa shape index (κ3) is 4.44. The fourth-order valence-electron chi connectivity index (χ4n) is 4.77. The van der Waals surface area contributed by atoms with Gasteiger partial charge in [0.15, 0.2) is 11.5 Å². The smallest absolute Gasteiger partial charge is 0.273 e. The standard InChI is InChI=1S/C28H26ClN3O5/c1-35-19-6-4-5-17(14-19)27-24-25(20-15-18(29)8-9-21(20)33)30-31-26(24)28(34)32(27)12-11-16-7-10-22(36-2)23(13-16)37-3/h4-10,13-15,27,33H,11-12H2,1-3H3,(H,30,31). The average molecular weight is 520 g/mol. The molecule has 0 saturated heterocycles. The lowest BCUT2D eigenvalue weighted by atomic mass is 9.95. The van der Waals surface area contributed by atoms with Gasteiger partial charge in [0, 0.05) is 22.7 Å². The molecule has 0 radical (unpaired) electrons. The highest BCUT2D eigenvalue weighted by atomic mass is 35.5. The highest BCUT2D eigenvalue weighted by molar-refractivity contribution is 6.31. The van der Waals surface area contributed by atoms with Crippen molar-refractivity contribution in [2.24, 2.45) is 0 Å². The minimum Gasteiger partial charge on any atom is -0.507 e. The minimum absolute atomic E-state index is 0.0271. The summed E-state index contributed by atoms with van der Waals surface area (Å²) in [6, 6.07) is 17.6. The summed E-state index contributed by atoms with van der Waals surface area (Å²) in [5.74, 6) is 1.80. The van der Waals surface area contributed by atoms with Crippen LogP contribution in [0.2, 0.25) is 5.02 Å². The van der Waals surface area contributed by atoms with Gasteiger partial charge in [0.05, 0.1) is 27.4 Å². The van der Waals surface area contributed by atoms with Gasteiger partial charge in [0.2, 0.25) is 0 Å². The number of aromatic hydroxyl groups is 1. The van der Waals surface area contributed by atoms with Gasteiger partial charge in [-0.15, -0.1) is 0 Å². The Morgan fingerprint density at radius 3 is 2.57 bits per heavy atom. The normalized spacial score (nSPS) is 14.5. The van der Waals surface area contributed by atoms with Crippen LogP contribution in [0.5, 0.6) is 23.0 Å². The molecule has 190 valence electrons. The number of hydrogen-bond acceptors (Lipinski definition) is 6. The van der Waals surface area contributed by atoms with Crippen LogP contribution in [-0.4, -0.2) is 54.0 Å². The molecule has 0 aliphatic carbocycles. The monoisotopic (exact) mass is 519 g/mol. The summed E-state index contributed by atoms with van der Waals surface area (Å²) in [6.07, 6.45) is 0.585. The van der Waals surface area contributed by atoms with Crippen LogP contribution in [0, 0.1) is 0 Å². The van der Waals surface area contributed by atoms with Gasteiger partial charge in [-0.25, -0.2) is 0 Å². The van der Waals surface area contributed by atoms with E-state index < -0.39 is 6.04 Å². The molecule has 8 nitrogen and oxygen atoms in total. The highest BCUT2D eigenvalue weighted by Crippen LogP contribution is 2.45. The van der Waals surface area contributed by atoms with E-state index in [4.69, 9.17) is 25.8 Å². The molecular weight excluding hydrogens is 494 g/mol. The number of nitrogens with one attached hydrogen (secondary N) is 1. The van der Waals surface area contributed by atoms with Crippen LogP contribution in [-0.2, 0) is 6.42 Å². The highest BCUT2D eigenvalue weighted by Gasteiger charge is 2.42. The van der Waals surface area contributed by atoms with Gasteiger partial charge >= 0.3 is 0 Å². The molecule has 1 atom stereocenters. The molecule has 0 bridgehead atoms. The predicted molar refractivity (Wildman–Crippen MR) is 140 cm³/mol. The first-order valence-electron chi connectivity index (χ1n) is 11.7. The van der Waals surface area contributed by atoms with E-state index in [-0.39, 0.29) is 11.7 Å². The van der Waals surface area contributed by atoms with Crippen molar-refractivity contribution >= 4 is 17.5 Å². The predicted octanol–water partition coefficient (Wildman–Crippen LogP) is 5.25. The molecule has 4 aromatic rings. The topological polar surface area (TPSA) is 96.9 Å². The lowest BCUT2D eigenvalue weighted by molar-refractivity contribution is 0.0745. The molecule has 2 heterocycles. The van der Waals surface area contributed by atoms with Gasteiger partial charge in [-0.2, -0.15) is 5.10 Å². The molecule has 0 saturated carbocycles. The summed E-state index contributed by atoms with van der Waals surface area (Å²) in [5, 5.41) is 18.4. The summed E-state index contributed by atoms with van der Waals surface area (Å²) in [7, 11) is 4.79. The number of amides is 1. The number of rotatable bonds is 8. The van der Waals surface area contributed by atoms with Gasteiger partial charge < -0.3 is 24.2 Å². The van der Waals surface area contributed by atoms with Crippen molar-refractivity contribution in [3.8, 4) is 34.3 Å². The van der Waals surface area contributed by atoms with Crippen LogP contribution in [0.15, 0.2) is 60.7 Å². The van der Waals surface area contributed by atoms with Crippen LogP contribution in [0.3, 0.4) is 0 Å². The van der Waals surface area contributed by atoms with Crippen LogP contribution >= 0.6 is 11.6 Å². The van der Waals surface area contributed by atoms with Crippen LogP contribution in [0.25, 0.3) is 11.3 Å². The van der Waals surface area contributed by atoms with Crippen molar-refractivity contribution in [2.75, 3.05) is 27.9 Å². The van der Waals surface area contributed by atoms with E-state index >= 15 is 0 Å². The minimum atomic E-state index is -0.454. The first kappa shape index (κ1) is 24.5. The molecule has 1 aromatic heterocycles. The number of halogens is 1. The lowest BCUT2D eigenvalue weighted by Gasteiger charge is -2.27. The zero-order chi connectivity index (χ0) is 26.1. The molecule has 3 aromatic carbocycles. The van der Waals surface area contributed by atoms with E-state index in [2.05, 4.69) is 10.2 Å². The number of aromatic amines is 1. The number of fused-ring (bicyclic) bond motifs is 1. The van der Waals surface area contributed by atoms with E-state index in [1.165, 1.54) is 6.07 Å². The Bertz CT molecular complexity index is 1470. The average Bonchev–Trinajstić information content (AvgIpc) is 3.47. The van der Waals surface area contributed by atoms with Crippen molar-refractivity contribution in [3.63, 3.8) is 0 Å². The van der Waals surface area contributed by atoms with Crippen molar-refractivity contribution < 1.29 is 24.1 Å². The number of H-pyrrole nitrogens is 1. The zero-order valence-corrected chi connectivity index (χ0v) is 21.4. The fraction of sp³-hybridized carbons (Fsp3) is 0.214. The lowest BCUT2D eigenvalue weighted by Crippen LogP contribution is -2.31. The maximum Gasteiger partial charge on any atom is 0.273 e. The molecule has 2 N–H and O–H groups in total. The summed E-state index contributed by atoms with van der Waals surface area (Å²) in [4.78, 5) is 15.5. The first-order valence-corrected chi connectivity index (χ1v) is 12.1. The fourth-order valence-corrected chi connectivity index (χ4v) is 4.95. The maximum atomic E-state index is 13.7. The largest absolute Gasteiger partial charge is 0.507 e. The summed E-state index contributed by atoms with van der Waals surface area (Å²) < 4.78 is 16.3. The molecular formula is C28H26ClN3O5. The van der Waals surface area contributed by atoms with Crippen LogP contribution in [0.4, 0.5) is 0 Å². The second kappa shape index (κ2) is 10.1. The molecule has 0 spiro atoms. The van der Waals surface area contributed by atoms with E-state index in [9.17, 15) is 9.90 Å². The quantitative estimate of drug-likeness (QED) is 0.330. The van der Waals surface area contributed by atoms with Gasteiger partial charge in [-0.05, 0) is 60.0 Å². The van der Waals surface area contributed by atoms with Crippen LogP contribution < -0.4 is 14.2 Å². The zero-order valence-electron chi connectivity index (χ0n) is 20.6. The van der Waals surface area contributed by atoms with Gasteiger partial charge in [0.1, 0.15) is 22.9 Å². The van der Waals surface area contributed by atoms with Gasteiger partial charge in [0.25, 0.3) is 5.91 Å². The van der Waals surface area contributed by atoms with Gasteiger partial charge in [-0.1, -0.05) is 29.8 Å². The van der Waals surface area contributed by atoms with Gasteiger partial charge in [-0.3, -0.25) is 9.89 Å². The van der Waals surface area contributed by atoms with Crippen molar-refractivity contribution in [3.05, 3.63) is 88.1 Å². The number of phenols is 1. The second-order valence-corrected chi connectivity index (χ2v) is 9.08. The summed E-state index contributed by atoms with van der Waals surface area (Å²) in [5.41, 5.74) is 3.86.